The second-order valence-corrected chi connectivity index (χ2v) is 10.4. The van der Waals surface area contributed by atoms with Crippen molar-refractivity contribution in [2.75, 3.05) is 19.7 Å². The van der Waals surface area contributed by atoms with Crippen molar-refractivity contribution in [3.05, 3.63) is 82.9 Å². The Morgan fingerprint density at radius 2 is 1.78 bits per heavy atom. The lowest BCUT2D eigenvalue weighted by atomic mass is 9.85. The number of rotatable bonds is 6. The van der Waals surface area contributed by atoms with E-state index in [0.717, 1.165) is 63.9 Å². The largest absolute Gasteiger partial charge is 0.508 e. The van der Waals surface area contributed by atoms with Crippen molar-refractivity contribution in [3.63, 3.8) is 0 Å². The van der Waals surface area contributed by atoms with Crippen molar-refractivity contribution < 1.29 is 19.7 Å². The van der Waals surface area contributed by atoms with Gasteiger partial charge in [0.25, 0.3) is 0 Å². The van der Waals surface area contributed by atoms with E-state index in [1.165, 1.54) is 6.42 Å². The molecule has 0 amide bonds. The maximum absolute atomic E-state index is 10.3. The molecule has 2 aliphatic heterocycles. The van der Waals surface area contributed by atoms with Crippen molar-refractivity contribution in [1.82, 2.24) is 4.90 Å². The molecule has 1 saturated heterocycles. The molecule has 0 saturated carbocycles. The maximum atomic E-state index is 10.3. The van der Waals surface area contributed by atoms with Crippen LogP contribution in [0, 0.1) is 12.8 Å². The molecule has 2 heterocycles. The average molecular weight is 486 g/mol. The molecule has 36 heavy (non-hydrogen) atoms. The summed E-state index contributed by atoms with van der Waals surface area (Å²) in [4.78, 5) is 2.50. The van der Waals surface area contributed by atoms with E-state index in [9.17, 15) is 10.2 Å². The molecule has 0 radical (unpaired) electrons. The Labute approximate surface area is 213 Å². The fraction of sp³-hybridized carbons (Fsp3) is 0.355. The molecule has 3 aromatic rings. The van der Waals surface area contributed by atoms with Crippen LogP contribution in [0.3, 0.4) is 0 Å². The predicted molar refractivity (Wildman–Crippen MR) is 144 cm³/mol. The molecular formula is C31H35NO4. The standard InChI is InChI=1S/C31H35NO4/c1-19-11-12-32(17-19)21(3)18-35-27-8-5-23(6-9-27)31-30(24-13-20(2)14-26(34)15-24)22(4)28-16-25(33)7-10-29(28)36-31/h5-10,13-16,19,21,31,33-34H,11-12,17-18H2,1-4H3/t19-,21+,31?/m1/s1. The van der Waals surface area contributed by atoms with E-state index in [2.05, 4.69) is 36.9 Å². The number of aryl methyl sites for hydroxylation is 1. The van der Waals surface area contributed by atoms with Crippen LogP contribution < -0.4 is 9.47 Å². The van der Waals surface area contributed by atoms with Crippen LogP contribution in [0.4, 0.5) is 0 Å². The average Bonchev–Trinajstić information content (AvgIpc) is 3.29. The van der Waals surface area contributed by atoms with E-state index >= 15 is 0 Å². The zero-order valence-electron chi connectivity index (χ0n) is 21.5. The zero-order valence-corrected chi connectivity index (χ0v) is 21.5. The minimum atomic E-state index is -0.359. The van der Waals surface area contributed by atoms with E-state index < -0.39 is 0 Å². The number of fused-ring (bicyclic) bond motifs is 1. The van der Waals surface area contributed by atoms with Gasteiger partial charge in [0.2, 0.25) is 0 Å². The van der Waals surface area contributed by atoms with Crippen LogP contribution >= 0.6 is 0 Å². The van der Waals surface area contributed by atoms with Gasteiger partial charge in [0, 0.05) is 23.7 Å². The normalized spacial score (nSPS) is 20.7. The monoisotopic (exact) mass is 485 g/mol. The molecule has 2 N–H and O–H groups in total. The van der Waals surface area contributed by atoms with Crippen molar-refractivity contribution in [1.29, 1.82) is 0 Å². The van der Waals surface area contributed by atoms with E-state index in [1.807, 2.05) is 32.0 Å². The lowest BCUT2D eigenvalue weighted by molar-refractivity contribution is 0.169. The molecule has 5 nitrogen and oxygen atoms in total. The summed E-state index contributed by atoms with van der Waals surface area (Å²) in [5.41, 5.74) is 5.70. The number of phenols is 2. The number of phenolic OH excluding ortho intramolecular Hbond substituents is 2. The van der Waals surface area contributed by atoms with Gasteiger partial charge in [0.15, 0.2) is 0 Å². The molecule has 2 aliphatic rings. The minimum absolute atomic E-state index is 0.195. The molecule has 1 unspecified atom stereocenters. The molecule has 3 atom stereocenters. The highest BCUT2D eigenvalue weighted by Crippen LogP contribution is 2.48. The molecule has 0 aromatic heterocycles. The molecule has 3 aromatic carbocycles. The van der Waals surface area contributed by atoms with Crippen LogP contribution in [0.5, 0.6) is 23.0 Å². The third kappa shape index (κ3) is 4.93. The van der Waals surface area contributed by atoms with Crippen molar-refractivity contribution in [3.8, 4) is 23.0 Å². The number of allylic oxidation sites excluding steroid dienone is 1. The van der Waals surface area contributed by atoms with Gasteiger partial charge >= 0.3 is 0 Å². The molecule has 5 rings (SSSR count). The third-order valence-electron chi connectivity index (χ3n) is 7.40. The summed E-state index contributed by atoms with van der Waals surface area (Å²) in [7, 11) is 0. The molecule has 0 bridgehead atoms. The first kappa shape index (κ1) is 24.3. The van der Waals surface area contributed by atoms with Crippen LogP contribution in [0.1, 0.15) is 55.5 Å². The van der Waals surface area contributed by atoms with Gasteiger partial charge in [-0.1, -0.05) is 25.1 Å². The van der Waals surface area contributed by atoms with Crippen LogP contribution in [-0.4, -0.2) is 40.9 Å². The van der Waals surface area contributed by atoms with Crippen molar-refractivity contribution >= 4 is 11.1 Å². The highest BCUT2D eigenvalue weighted by molar-refractivity contribution is 5.96. The Kier molecular flexibility index (Phi) is 6.67. The molecule has 1 fully saturated rings. The fourth-order valence-electron chi connectivity index (χ4n) is 5.39. The van der Waals surface area contributed by atoms with Crippen LogP contribution in [0.2, 0.25) is 0 Å². The third-order valence-corrected chi connectivity index (χ3v) is 7.40. The Hall–Kier alpha value is -3.44. The Morgan fingerprint density at radius 3 is 2.47 bits per heavy atom. The van der Waals surface area contributed by atoms with Gasteiger partial charge in [0.05, 0.1) is 0 Å². The number of nitrogens with zero attached hydrogens (tertiary/aromatic N) is 1. The van der Waals surface area contributed by atoms with Crippen LogP contribution in [-0.2, 0) is 0 Å². The van der Waals surface area contributed by atoms with Crippen LogP contribution in [0.25, 0.3) is 11.1 Å². The van der Waals surface area contributed by atoms with Crippen molar-refractivity contribution in [2.24, 2.45) is 5.92 Å². The smallest absolute Gasteiger partial charge is 0.150 e. The van der Waals surface area contributed by atoms with E-state index in [4.69, 9.17) is 9.47 Å². The number of hydrogen-bond acceptors (Lipinski definition) is 5. The van der Waals surface area contributed by atoms with Gasteiger partial charge in [-0.05, 0) is 104 Å². The summed E-state index contributed by atoms with van der Waals surface area (Å²) in [5, 5.41) is 20.4. The first-order chi connectivity index (χ1) is 17.3. The Morgan fingerprint density at radius 1 is 1.00 bits per heavy atom. The van der Waals surface area contributed by atoms with Gasteiger partial charge in [-0.15, -0.1) is 0 Å². The van der Waals surface area contributed by atoms with E-state index in [-0.39, 0.29) is 17.6 Å². The summed E-state index contributed by atoms with van der Waals surface area (Å²) in [6.07, 6.45) is 0.902. The number of likely N-dealkylation sites (tertiary alicyclic amines) is 1. The van der Waals surface area contributed by atoms with Gasteiger partial charge in [-0.3, -0.25) is 4.90 Å². The van der Waals surface area contributed by atoms with Gasteiger partial charge in [-0.2, -0.15) is 0 Å². The number of aromatic hydroxyl groups is 2. The SMILES string of the molecule is CC1=C(c2cc(C)cc(O)c2)C(c2ccc(OC[C@H](C)N3CC[C@@H](C)C3)cc2)Oc2ccc(O)cc21. The van der Waals surface area contributed by atoms with Gasteiger partial charge in [-0.25, -0.2) is 0 Å². The first-order valence-electron chi connectivity index (χ1n) is 12.8. The summed E-state index contributed by atoms with van der Waals surface area (Å²) in [5.74, 6) is 2.74. The Bertz CT molecular complexity index is 1260. The summed E-state index contributed by atoms with van der Waals surface area (Å²) < 4.78 is 12.6. The predicted octanol–water partition coefficient (Wildman–Crippen LogP) is 6.58. The van der Waals surface area contributed by atoms with Gasteiger partial charge < -0.3 is 19.7 Å². The Balaban J connectivity index is 1.43. The fourth-order valence-corrected chi connectivity index (χ4v) is 5.39. The lowest BCUT2D eigenvalue weighted by Gasteiger charge is -2.31. The molecular weight excluding hydrogens is 450 g/mol. The number of hydrogen-bond donors (Lipinski definition) is 2. The topological polar surface area (TPSA) is 62.2 Å². The van der Waals surface area contributed by atoms with E-state index in [1.54, 1.807) is 24.3 Å². The summed E-state index contributed by atoms with van der Waals surface area (Å²) >= 11 is 0. The quantitative estimate of drug-likeness (QED) is 0.413. The van der Waals surface area contributed by atoms with E-state index in [0.29, 0.717) is 12.6 Å². The molecule has 0 spiro atoms. The van der Waals surface area contributed by atoms with Crippen LogP contribution in [0.15, 0.2) is 60.7 Å². The summed E-state index contributed by atoms with van der Waals surface area (Å²) in [6.45, 7) is 11.5. The molecule has 5 heteroatoms. The second kappa shape index (κ2) is 9.90. The van der Waals surface area contributed by atoms with Gasteiger partial charge in [0.1, 0.15) is 35.7 Å². The molecule has 0 aliphatic carbocycles. The van der Waals surface area contributed by atoms with Crippen molar-refractivity contribution in [2.45, 2.75) is 46.3 Å². The zero-order chi connectivity index (χ0) is 25.4. The highest BCUT2D eigenvalue weighted by Gasteiger charge is 2.30. The lowest BCUT2D eigenvalue weighted by Crippen LogP contribution is -2.35. The first-order valence-corrected chi connectivity index (χ1v) is 12.8. The maximum Gasteiger partial charge on any atom is 0.150 e. The highest BCUT2D eigenvalue weighted by atomic mass is 16.5. The summed E-state index contributed by atoms with van der Waals surface area (Å²) in [6, 6.07) is 19.3. The number of ether oxygens (including phenoxy) is 2. The minimum Gasteiger partial charge on any atom is -0.508 e. The molecule has 188 valence electrons. The number of benzene rings is 3. The second-order valence-electron chi connectivity index (χ2n) is 10.4.